The normalized spacial score (nSPS) is 10.8. The minimum Gasteiger partial charge on any atom is -0.384 e. The number of rotatable bonds is 5. The molecule has 3 heteroatoms. The average molecular weight is 198 g/mol. The molecule has 0 aliphatic rings. The molecule has 1 rings (SSSR count). The molecule has 1 aromatic heterocycles. The SMILES string of the molecule is Cc1cc(NCCCN(C)C)cs1. The molecule has 0 fully saturated rings. The number of hydrogen-bond donors (Lipinski definition) is 1. The van der Waals surface area contributed by atoms with Gasteiger partial charge in [-0.2, -0.15) is 0 Å². The molecule has 1 N–H and O–H groups in total. The van der Waals surface area contributed by atoms with E-state index in [1.807, 2.05) is 0 Å². The van der Waals surface area contributed by atoms with Crippen LogP contribution in [0.1, 0.15) is 11.3 Å². The Bertz CT molecular complexity index is 243. The second kappa shape index (κ2) is 5.25. The van der Waals surface area contributed by atoms with Gasteiger partial charge in [0.1, 0.15) is 0 Å². The lowest BCUT2D eigenvalue weighted by Crippen LogP contribution is -2.16. The molecule has 0 amide bonds. The molecule has 1 aromatic rings. The van der Waals surface area contributed by atoms with Gasteiger partial charge in [-0.1, -0.05) is 0 Å². The second-order valence-corrected chi connectivity index (χ2v) is 4.64. The monoisotopic (exact) mass is 198 g/mol. The van der Waals surface area contributed by atoms with E-state index in [9.17, 15) is 0 Å². The van der Waals surface area contributed by atoms with Gasteiger partial charge >= 0.3 is 0 Å². The third-order valence-corrected chi connectivity index (χ3v) is 2.70. The highest BCUT2D eigenvalue weighted by molar-refractivity contribution is 7.10. The van der Waals surface area contributed by atoms with Crippen molar-refractivity contribution < 1.29 is 0 Å². The first kappa shape index (κ1) is 10.5. The summed E-state index contributed by atoms with van der Waals surface area (Å²) in [5.41, 5.74) is 1.27. The topological polar surface area (TPSA) is 15.3 Å². The van der Waals surface area contributed by atoms with E-state index in [4.69, 9.17) is 0 Å². The van der Waals surface area contributed by atoms with E-state index in [-0.39, 0.29) is 0 Å². The van der Waals surface area contributed by atoms with E-state index in [2.05, 4.69) is 42.7 Å². The molecule has 0 aliphatic heterocycles. The highest BCUT2D eigenvalue weighted by atomic mass is 32.1. The standard InChI is InChI=1S/C10H18N2S/c1-9-7-10(8-13-9)11-5-4-6-12(2)3/h7-8,11H,4-6H2,1-3H3. The van der Waals surface area contributed by atoms with Gasteiger partial charge in [0.2, 0.25) is 0 Å². The van der Waals surface area contributed by atoms with Crippen LogP contribution in [-0.2, 0) is 0 Å². The number of anilines is 1. The van der Waals surface area contributed by atoms with Gasteiger partial charge in [0.05, 0.1) is 0 Å². The zero-order valence-corrected chi connectivity index (χ0v) is 9.45. The fraction of sp³-hybridized carbons (Fsp3) is 0.600. The minimum atomic E-state index is 1.06. The van der Waals surface area contributed by atoms with Crippen molar-refractivity contribution >= 4 is 17.0 Å². The molecular formula is C10H18N2S. The van der Waals surface area contributed by atoms with Gasteiger partial charge in [0, 0.05) is 22.5 Å². The Morgan fingerprint density at radius 3 is 2.77 bits per heavy atom. The first-order valence-electron chi connectivity index (χ1n) is 4.62. The maximum Gasteiger partial charge on any atom is 0.0451 e. The maximum atomic E-state index is 3.40. The first-order valence-corrected chi connectivity index (χ1v) is 5.50. The van der Waals surface area contributed by atoms with Crippen molar-refractivity contribution in [3.05, 3.63) is 16.3 Å². The van der Waals surface area contributed by atoms with Gasteiger partial charge in [-0.05, 0) is 40.1 Å². The molecule has 0 radical (unpaired) electrons. The molecule has 2 nitrogen and oxygen atoms in total. The fourth-order valence-electron chi connectivity index (χ4n) is 1.16. The second-order valence-electron chi connectivity index (χ2n) is 3.53. The molecule has 0 aliphatic carbocycles. The lowest BCUT2D eigenvalue weighted by molar-refractivity contribution is 0.405. The average Bonchev–Trinajstić information content (AvgIpc) is 2.45. The largest absolute Gasteiger partial charge is 0.384 e. The van der Waals surface area contributed by atoms with Gasteiger partial charge < -0.3 is 10.2 Å². The van der Waals surface area contributed by atoms with Crippen LogP contribution in [0, 0.1) is 6.92 Å². The molecular weight excluding hydrogens is 180 g/mol. The summed E-state index contributed by atoms with van der Waals surface area (Å²) in [5.74, 6) is 0. The van der Waals surface area contributed by atoms with Crippen LogP contribution in [0.2, 0.25) is 0 Å². The van der Waals surface area contributed by atoms with Crippen molar-refractivity contribution in [2.75, 3.05) is 32.5 Å². The van der Waals surface area contributed by atoms with E-state index in [1.54, 1.807) is 11.3 Å². The first-order chi connectivity index (χ1) is 6.18. The molecule has 0 saturated carbocycles. The summed E-state index contributed by atoms with van der Waals surface area (Å²) in [5, 5.41) is 5.58. The van der Waals surface area contributed by atoms with E-state index < -0.39 is 0 Å². The summed E-state index contributed by atoms with van der Waals surface area (Å²) in [6, 6.07) is 2.19. The number of nitrogens with one attached hydrogen (secondary N) is 1. The molecule has 0 unspecified atom stereocenters. The molecule has 0 atom stereocenters. The molecule has 13 heavy (non-hydrogen) atoms. The summed E-state index contributed by atoms with van der Waals surface area (Å²) in [6.07, 6.45) is 1.20. The third-order valence-electron chi connectivity index (χ3n) is 1.84. The van der Waals surface area contributed by atoms with Crippen molar-refractivity contribution in [3.63, 3.8) is 0 Å². The van der Waals surface area contributed by atoms with Gasteiger partial charge in [0.25, 0.3) is 0 Å². The Morgan fingerprint density at radius 2 is 2.23 bits per heavy atom. The maximum absolute atomic E-state index is 3.40. The van der Waals surface area contributed by atoms with E-state index in [0.29, 0.717) is 0 Å². The lowest BCUT2D eigenvalue weighted by atomic mass is 10.4. The van der Waals surface area contributed by atoms with Crippen LogP contribution in [0.15, 0.2) is 11.4 Å². The van der Waals surface area contributed by atoms with Crippen LogP contribution in [0.25, 0.3) is 0 Å². The molecule has 1 heterocycles. The van der Waals surface area contributed by atoms with Crippen molar-refractivity contribution in [3.8, 4) is 0 Å². The Balaban J connectivity index is 2.13. The molecule has 74 valence electrons. The van der Waals surface area contributed by atoms with Gasteiger partial charge in [-0.3, -0.25) is 0 Å². The van der Waals surface area contributed by atoms with Crippen molar-refractivity contribution in [2.24, 2.45) is 0 Å². The Morgan fingerprint density at radius 1 is 1.46 bits per heavy atom. The molecule has 0 aromatic carbocycles. The van der Waals surface area contributed by atoms with Crippen molar-refractivity contribution in [1.82, 2.24) is 4.90 Å². The van der Waals surface area contributed by atoms with Crippen LogP contribution in [0.4, 0.5) is 5.69 Å². The zero-order chi connectivity index (χ0) is 9.68. The predicted molar refractivity (Wildman–Crippen MR) is 60.7 cm³/mol. The summed E-state index contributed by atoms with van der Waals surface area (Å²) in [7, 11) is 4.21. The van der Waals surface area contributed by atoms with Gasteiger partial charge in [-0.25, -0.2) is 0 Å². The number of aryl methyl sites for hydroxylation is 1. The van der Waals surface area contributed by atoms with Crippen LogP contribution < -0.4 is 5.32 Å². The van der Waals surface area contributed by atoms with Crippen LogP contribution >= 0.6 is 11.3 Å². The fourth-order valence-corrected chi connectivity index (χ4v) is 1.82. The minimum absolute atomic E-state index is 1.06. The summed E-state index contributed by atoms with van der Waals surface area (Å²) < 4.78 is 0. The number of hydrogen-bond acceptors (Lipinski definition) is 3. The number of thiophene rings is 1. The van der Waals surface area contributed by atoms with E-state index in [0.717, 1.165) is 13.1 Å². The van der Waals surface area contributed by atoms with Crippen LogP contribution in [0.5, 0.6) is 0 Å². The molecule has 0 spiro atoms. The molecule has 0 bridgehead atoms. The third kappa shape index (κ3) is 4.29. The summed E-state index contributed by atoms with van der Waals surface area (Å²) in [4.78, 5) is 3.58. The molecule has 0 saturated heterocycles. The highest BCUT2D eigenvalue weighted by Gasteiger charge is 1.94. The zero-order valence-electron chi connectivity index (χ0n) is 8.63. The van der Waals surface area contributed by atoms with Gasteiger partial charge in [-0.15, -0.1) is 11.3 Å². The van der Waals surface area contributed by atoms with Crippen LogP contribution in [-0.4, -0.2) is 32.1 Å². The van der Waals surface area contributed by atoms with E-state index in [1.165, 1.54) is 17.0 Å². The van der Waals surface area contributed by atoms with E-state index >= 15 is 0 Å². The Kier molecular flexibility index (Phi) is 4.25. The smallest absolute Gasteiger partial charge is 0.0451 e. The quantitative estimate of drug-likeness (QED) is 0.731. The number of nitrogens with zero attached hydrogens (tertiary/aromatic N) is 1. The van der Waals surface area contributed by atoms with Crippen LogP contribution in [0.3, 0.4) is 0 Å². The summed E-state index contributed by atoms with van der Waals surface area (Å²) >= 11 is 1.80. The van der Waals surface area contributed by atoms with Crippen molar-refractivity contribution in [2.45, 2.75) is 13.3 Å². The Labute approximate surface area is 84.6 Å². The summed E-state index contributed by atoms with van der Waals surface area (Å²) in [6.45, 7) is 4.35. The van der Waals surface area contributed by atoms with Crippen molar-refractivity contribution in [1.29, 1.82) is 0 Å². The Hall–Kier alpha value is -0.540. The highest BCUT2D eigenvalue weighted by Crippen LogP contribution is 2.17. The predicted octanol–water partition coefficient (Wildman–Crippen LogP) is 2.42. The van der Waals surface area contributed by atoms with Gasteiger partial charge in [0.15, 0.2) is 0 Å². The lowest BCUT2D eigenvalue weighted by Gasteiger charge is -2.09.